The summed E-state index contributed by atoms with van der Waals surface area (Å²) in [5, 5.41) is 15.6. The largest absolute Gasteiger partial charge is 0.493 e. The van der Waals surface area contributed by atoms with E-state index in [1.165, 1.54) is 16.8 Å². The lowest BCUT2D eigenvalue weighted by atomic mass is 10.1. The highest BCUT2D eigenvalue weighted by atomic mass is 32.2. The molecule has 2 aromatic carbocycles. The number of carbonyl (C=O) groups excluding carboxylic acids is 1. The Bertz CT molecular complexity index is 1220. The molecule has 0 saturated heterocycles. The van der Waals surface area contributed by atoms with Gasteiger partial charge in [-0.2, -0.15) is 15.1 Å². The number of hydrogen-bond donors (Lipinski definition) is 1. The Morgan fingerprint density at radius 1 is 1.00 bits per heavy atom. The summed E-state index contributed by atoms with van der Waals surface area (Å²) in [7, 11) is 3.13. The molecule has 2 aromatic rings. The molecule has 0 bridgehead atoms. The van der Waals surface area contributed by atoms with Crippen LogP contribution in [0.3, 0.4) is 0 Å². The molecular formula is C25H26N4O5S. The van der Waals surface area contributed by atoms with Crippen LogP contribution in [-0.4, -0.2) is 54.4 Å². The monoisotopic (exact) mass is 494 g/mol. The van der Waals surface area contributed by atoms with Gasteiger partial charge in [-0.25, -0.2) is 0 Å². The van der Waals surface area contributed by atoms with E-state index in [0.717, 1.165) is 17.9 Å². The van der Waals surface area contributed by atoms with Gasteiger partial charge in [0.15, 0.2) is 28.8 Å². The van der Waals surface area contributed by atoms with Gasteiger partial charge in [-0.3, -0.25) is 10.2 Å². The Labute approximate surface area is 207 Å². The van der Waals surface area contributed by atoms with Gasteiger partial charge in [-0.05, 0) is 60.5 Å². The summed E-state index contributed by atoms with van der Waals surface area (Å²) in [5.74, 6) is 1.87. The Morgan fingerprint density at radius 3 is 2.37 bits per heavy atom. The first-order valence-corrected chi connectivity index (χ1v) is 11.9. The molecule has 1 amide bonds. The second-order valence-electron chi connectivity index (χ2n) is 7.52. The smallest absolute Gasteiger partial charge is 0.283 e. The van der Waals surface area contributed by atoms with Crippen molar-refractivity contribution >= 4 is 39.8 Å². The summed E-state index contributed by atoms with van der Waals surface area (Å²) in [6, 6.07) is 12.7. The zero-order valence-corrected chi connectivity index (χ0v) is 20.6. The fourth-order valence-electron chi connectivity index (χ4n) is 3.45. The van der Waals surface area contributed by atoms with Gasteiger partial charge in [-0.15, -0.1) is 0 Å². The maximum absolute atomic E-state index is 12.6. The summed E-state index contributed by atoms with van der Waals surface area (Å²) in [6.45, 7) is 2.66. The van der Waals surface area contributed by atoms with Gasteiger partial charge in [0.1, 0.15) is 18.3 Å². The molecule has 0 radical (unpaired) electrons. The highest BCUT2D eigenvalue weighted by molar-refractivity contribution is 8.26. The fourth-order valence-corrected chi connectivity index (χ4v) is 4.43. The molecule has 2 aliphatic rings. The van der Waals surface area contributed by atoms with Crippen LogP contribution < -0.4 is 18.9 Å². The van der Waals surface area contributed by atoms with E-state index in [9.17, 15) is 4.79 Å². The molecule has 2 aliphatic heterocycles. The minimum atomic E-state index is -0.463. The quantitative estimate of drug-likeness (QED) is 0.381. The summed E-state index contributed by atoms with van der Waals surface area (Å²) in [5.41, 5.74) is 0.840. The van der Waals surface area contributed by atoms with Crippen molar-refractivity contribution < 1.29 is 23.7 Å². The fraction of sp³-hybridized carbons (Fsp3) is 0.280. The van der Waals surface area contributed by atoms with Crippen molar-refractivity contribution in [1.29, 1.82) is 5.41 Å². The molecule has 9 nitrogen and oxygen atoms in total. The van der Waals surface area contributed by atoms with Gasteiger partial charge in [0, 0.05) is 0 Å². The van der Waals surface area contributed by atoms with Gasteiger partial charge in [0.2, 0.25) is 5.17 Å². The standard InChI is InChI=1S/C25H26N4O5S/c1-4-7-22-28-29-23(26)17(24(30)27-25(29)35-22)14-16-10-11-20(21(15-16)32-3)34-13-12-33-19-9-6-5-8-18(19)31-2/h5-6,8-11,14-15,26H,4,7,12-13H2,1-3H3/b17-14+,26-23?. The maximum Gasteiger partial charge on any atom is 0.283 e. The zero-order chi connectivity index (χ0) is 24.8. The third-order valence-electron chi connectivity index (χ3n) is 5.13. The minimum absolute atomic E-state index is 0.00591. The van der Waals surface area contributed by atoms with Crippen LogP contribution in [0.2, 0.25) is 0 Å². The molecule has 0 aliphatic carbocycles. The first-order chi connectivity index (χ1) is 17.0. The third kappa shape index (κ3) is 5.48. The molecular weight excluding hydrogens is 468 g/mol. The molecule has 0 fully saturated rings. The van der Waals surface area contributed by atoms with Gasteiger partial charge >= 0.3 is 0 Å². The molecule has 0 aromatic heterocycles. The lowest BCUT2D eigenvalue weighted by Crippen LogP contribution is -2.35. The van der Waals surface area contributed by atoms with E-state index >= 15 is 0 Å². The van der Waals surface area contributed by atoms with E-state index in [0.29, 0.717) is 46.9 Å². The van der Waals surface area contributed by atoms with Gasteiger partial charge < -0.3 is 18.9 Å². The molecule has 2 heterocycles. The predicted octanol–water partition coefficient (Wildman–Crippen LogP) is 4.58. The summed E-state index contributed by atoms with van der Waals surface area (Å²) >= 11 is 1.34. The second kappa shape index (κ2) is 11.1. The van der Waals surface area contributed by atoms with Crippen LogP contribution >= 0.6 is 11.8 Å². The number of rotatable bonds is 10. The number of ether oxygens (including phenoxy) is 4. The van der Waals surface area contributed by atoms with Crippen LogP contribution in [0.15, 0.2) is 58.1 Å². The number of benzene rings is 2. The number of amides is 1. The lowest BCUT2D eigenvalue weighted by Gasteiger charge is -2.20. The number of nitrogens with zero attached hydrogens (tertiary/aromatic N) is 3. The Morgan fingerprint density at radius 2 is 1.69 bits per heavy atom. The van der Waals surface area contributed by atoms with Crippen LogP contribution in [0, 0.1) is 5.41 Å². The van der Waals surface area contributed by atoms with Crippen molar-refractivity contribution in [3.05, 3.63) is 53.6 Å². The number of aliphatic imine (C=N–C) groups is 1. The van der Waals surface area contributed by atoms with Crippen LogP contribution in [0.25, 0.3) is 6.08 Å². The normalized spacial score (nSPS) is 16.1. The van der Waals surface area contributed by atoms with E-state index in [-0.39, 0.29) is 11.4 Å². The molecule has 182 valence electrons. The third-order valence-corrected chi connectivity index (χ3v) is 6.09. The first kappa shape index (κ1) is 24.3. The van der Waals surface area contributed by atoms with E-state index in [1.54, 1.807) is 38.5 Å². The van der Waals surface area contributed by atoms with E-state index in [1.807, 2.05) is 24.3 Å². The Hall–Kier alpha value is -3.79. The summed E-state index contributed by atoms with van der Waals surface area (Å²) in [4.78, 5) is 16.7. The molecule has 0 unspecified atom stereocenters. The number of methoxy groups -OCH3 is 2. The number of thioether (sulfide) groups is 1. The first-order valence-electron chi connectivity index (χ1n) is 11.1. The van der Waals surface area contributed by atoms with Gasteiger partial charge in [-0.1, -0.05) is 25.1 Å². The van der Waals surface area contributed by atoms with E-state index in [4.69, 9.17) is 24.4 Å². The lowest BCUT2D eigenvalue weighted by molar-refractivity contribution is -0.114. The molecule has 1 N–H and O–H groups in total. The van der Waals surface area contributed by atoms with Gasteiger partial charge in [0.25, 0.3) is 5.91 Å². The number of para-hydroxylation sites is 2. The molecule has 35 heavy (non-hydrogen) atoms. The number of carbonyl (C=O) groups is 1. The highest BCUT2D eigenvalue weighted by Gasteiger charge is 2.35. The van der Waals surface area contributed by atoms with Gasteiger partial charge in [0.05, 0.1) is 19.8 Å². The van der Waals surface area contributed by atoms with Crippen LogP contribution in [0.4, 0.5) is 0 Å². The van der Waals surface area contributed by atoms with Crippen LogP contribution in [0.1, 0.15) is 25.3 Å². The summed E-state index contributed by atoms with van der Waals surface area (Å²) < 4.78 is 22.3. The average Bonchev–Trinajstić information content (AvgIpc) is 3.27. The van der Waals surface area contributed by atoms with Crippen LogP contribution in [-0.2, 0) is 4.79 Å². The number of nitrogens with one attached hydrogen (secondary N) is 1. The van der Waals surface area contributed by atoms with Crippen molar-refractivity contribution in [2.45, 2.75) is 19.8 Å². The number of hydrazone groups is 1. The minimum Gasteiger partial charge on any atom is -0.493 e. The maximum atomic E-state index is 12.6. The highest BCUT2D eigenvalue weighted by Crippen LogP contribution is 2.32. The van der Waals surface area contributed by atoms with Crippen molar-refractivity contribution in [1.82, 2.24) is 5.01 Å². The van der Waals surface area contributed by atoms with Crippen LogP contribution in [0.5, 0.6) is 23.0 Å². The average molecular weight is 495 g/mol. The molecule has 4 rings (SSSR count). The van der Waals surface area contributed by atoms with Crippen molar-refractivity contribution in [3.8, 4) is 23.0 Å². The molecule has 0 atom stereocenters. The topological polar surface area (TPSA) is 106 Å². The Balaban J connectivity index is 1.43. The number of amidine groups is 2. The SMILES string of the molecule is CCCC1=NN2C(=N)/C(=C\c3ccc(OCCOc4ccccc4OC)c(OC)c3)C(=O)N=C2S1. The zero-order valence-electron chi connectivity index (χ0n) is 19.7. The van der Waals surface area contributed by atoms with Crippen molar-refractivity contribution in [2.75, 3.05) is 27.4 Å². The molecule has 0 spiro atoms. The van der Waals surface area contributed by atoms with E-state index in [2.05, 4.69) is 17.0 Å². The summed E-state index contributed by atoms with van der Waals surface area (Å²) in [6.07, 6.45) is 3.32. The number of fused-ring (bicyclic) bond motifs is 1. The van der Waals surface area contributed by atoms with Crippen molar-refractivity contribution in [2.24, 2.45) is 10.1 Å². The molecule has 10 heteroatoms. The second-order valence-corrected chi connectivity index (χ2v) is 8.56. The number of hydrogen-bond acceptors (Lipinski definition) is 8. The van der Waals surface area contributed by atoms with Crippen molar-refractivity contribution in [3.63, 3.8) is 0 Å². The molecule has 0 saturated carbocycles. The Kier molecular flexibility index (Phi) is 7.71. The van der Waals surface area contributed by atoms with E-state index < -0.39 is 5.91 Å². The predicted molar refractivity (Wildman–Crippen MR) is 137 cm³/mol.